The maximum Gasteiger partial charge on any atom is 0.224 e. The molecule has 2 rings (SSSR count). The molecule has 0 atom stereocenters. The van der Waals surface area contributed by atoms with Crippen molar-refractivity contribution in [3.05, 3.63) is 42.1 Å². The number of rotatable bonds is 5. The van der Waals surface area contributed by atoms with Gasteiger partial charge in [0.05, 0.1) is 18.5 Å². The first kappa shape index (κ1) is 12.4. The minimum Gasteiger partial charge on any atom is -0.467 e. The first-order valence-corrected chi connectivity index (χ1v) is 5.91. The Balaban J connectivity index is 1.80. The Labute approximate surface area is 106 Å². The fourth-order valence-corrected chi connectivity index (χ4v) is 1.71. The van der Waals surface area contributed by atoms with Crippen LogP contribution in [-0.4, -0.2) is 27.6 Å². The average molecular weight is 247 g/mol. The average Bonchev–Trinajstić information content (AvgIpc) is 2.97. The molecule has 0 saturated carbocycles. The van der Waals surface area contributed by atoms with Gasteiger partial charge in [0.1, 0.15) is 5.76 Å². The van der Waals surface area contributed by atoms with Gasteiger partial charge in [-0.05, 0) is 25.1 Å². The van der Waals surface area contributed by atoms with Crippen molar-refractivity contribution in [3.8, 4) is 0 Å². The number of aryl methyl sites for hydroxylation is 2. The Bertz CT molecular complexity index is 502. The minimum absolute atomic E-state index is 0.0829. The number of amides is 1. The fraction of sp³-hybridized carbons (Fsp3) is 0.385. The lowest BCUT2D eigenvalue weighted by Gasteiger charge is -2.15. The van der Waals surface area contributed by atoms with Gasteiger partial charge in [0.25, 0.3) is 0 Å². The summed E-state index contributed by atoms with van der Waals surface area (Å²) >= 11 is 0. The smallest absolute Gasteiger partial charge is 0.224 e. The lowest BCUT2D eigenvalue weighted by Crippen LogP contribution is -2.26. The third-order valence-electron chi connectivity index (χ3n) is 2.73. The van der Waals surface area contributed by atoms with Crippen molar-refractivity contribution in [2.45, 2.75) is 26.4 Å². The van der Waals surface area contributed by atoms with E-state index in [1.54, 1.807) is 22.9 Å². The van der Waals surface area contributed by atoms with E-state index in [1.165, 1.54) is 0 Å². The van der Waals surface area contributed by atoms with Crippen molar-refractivity contribution in [1.82, 2.24) is 14.7 Å². The van der Waals surface area contributed by atoms with Crippen LogP contribution in [0.1, 0.15) is 17.9 Å². The summed E-state index contributed by atoms with van der Waals surface area (Å²) in [7, 11) is 1.78. The molecule has 0 fully saturated rings. The largest absolute Gasteiger partial charge is 0.467 e. The van der Waals surface area contributed by atoms with E-state index in [1.807, 2.05) is 31.3 Å². The number of hydrogen-bond acceptors (Lipinski definition) is 3. The first-order chi connectivity index (χ1) is 8.65. The second kappa shape index (κ2) is 5.53. The topological polar surface area (TPSA) is 51.3 Å². The molecule has 1 amide bonds. The molecule has 2 aromatic rings. The van der Waals surface area contributed by atoms with Crippen molar-refractivity contribution in [1.29, 1.82) is 0 Å². The van der Waals surface area contributed by atoms with Gasteiger partial charge in [0, 0.05) is 26.2 Å². The van der Waals surface area contributed by atoms with Crippen LogP contribution >= 0.6 is 0 Å². The van der Waals surface area contributed by atoms with Gasteiger partial charge in [0.2, 0.25) is 5.91 Å². The number of nitrogens with zero attached hydrogens (tertiary/aromatic N) is 3. The van der Waals surface area contributed by atoms with Crippen LogP contribution in [-0.2, 0) is 17.9 Å². The molecule has 0 unspecified atom stereocenters. The van der Waals surface area contributed by atoms with Crippen molar-refractivity contribution in [3.63, 3.8) is 0 Å². The molecular formula is C13H17N3O2. The van der Waals surface area contributed by atoms with Crippen LogP contribution in [0, 0.1) is 6.92 Å². The van der Waals surface area contributed by atoms with E-state index in [4.69, 9.17) is 4.42 Å². The van der Waals surface area contributed by atoms with Crippen molar-refractivity contribution in [2.24, 2.45) is 0 Å². The van der Waals surface area contributed by atoms with E-state index in [9.17, 15) is 4.79 Å². The lowest BCUT2D eigenvalue weighted by molar-refractivity contribution is -0.130. The van der Waals surface area contributed by atoms with Crippen molar-refractivity contribution < 1.29 is 9.21 Å². The molecule has 2 aromatic heterocycles. The monoisotopic (exact) mass is 247 g/mol. The summed E-state index contributed by atoms with van der Waals surface area (Å²) in [5.41, 5.74) is 0.964. The van der Waals surface area contributed by atoms with Gasteiger partial charge in [-0.25, -0.2) is 0 Å². The summed E-state index contributed by atoms with van der Waals surface area (Å²) in [6.45, 7) is 3.04. The molecule has 96 valence electrons. The van der Waals surface area contributed by atoms with Crippen LogP contribution in [0.15, 0.2) is 35.1 Å². The van der Waals surface area contributed by atoms with E-state index < -0.39 is 0 Å². The molecule has 18 heavy (non-hydrogen) atoms. The normalized spacial score (nSPS) is 10.6. The van der Waals surface area contributed by atoms with Crippen molar-refractivity contribution >= 4 is 5.91 Å². The third-order valence-corrected chi connectivity index (χ3v) is 2.73. The SMILES string of the molecule is Cc1ccn(CCC(=O)N(C)Cc2ccco2)n1. The Morgan fingerprint density at radius 1 is 1.50 bits per heavy atom. The van der Waals surface area contributed by atoms with Gasteiger partial charge in [-0.3, -0.25) is 9.48 Å². The Morgan fingerprint density at radius 3 is 2.94 bits per heavy atom. The summed E-state index contributed by atoms with van der Waals surface area (Å²) in [5, 5.41) is 4.25. The number of furan rings is 1. The number of carbonyl (C=O) groups is 1. The molecule has 0 aromatic carbocycles. The van der Waals surface area contributed by atoms with Gasteiger partial charge < -0.3 is 9.32 Å². The molecular weight excluding hydrogens is 230 g/mol. The molecule has 5 nitrogen and oxygen atoms in total. The van der Waals surface area contributed by atoms with E-state index >= 15 is 0 Å². The second-order valence-corrected chi connectivity index (χ2v) is 4.30. The standard InChI is InChI=1S/C13H17N3O2/c1-11-5-7-16(14-11)8-6-13(17)15(2)10-12-4-3-9-18-12/h3-5,7,9H,6,8,10H2,1-2H3. The van der Waals surface area contributed by atoms with Crippen LogP contribution in [0.2, 0.25) is 0 Å². The molecule has 0 radical (unpaired) electrons. The third kappa shape index (κ3) is 3.23. The lowest BCUT2D eigenvalue weighted by atomic mass is 10.3. The molecule has 0 saturated heterocycles. The summed E-state index contributed by atoms with van der Waals surface area (Å²) in [4.78, 5) is 13.6. The predicted molar refractivity (Wildman–Crippen MR) is 66.8 cm³/mol. The van der Waals surface area contributed by atoms with Gasteiger partial charge in [-0.1, -0.05) is 0 Å². The van der Waals surface area contributed by atoms with Crippen LogP contribution in [0.4, 0.5) is 0 Å². The van der Waals surface area contributed by atoms with E-state index in [0.29, 0.717) is 19.5 Å². The quantitative estimate of drug-likeness (QED) is 0.810. The maximum absolute atomic E-state index is 11.9. The molecule has 0 aliphatic heterocycles. The highest BCUT2D eigenvalue weighted by Crippen LogP contribution is 2.05. The molecule has 0 bridgehead atoms. The predicted octanol–water partition coefficient (Wildman–Crippen LogP) is 1.83. The maximum atomic E-state index is 11.9. The Hall–Kier alpha value is -2.04. The number of carbonyl (C=O) groups excluding carboxylic acids is 1. The highest BCUT2D eigenvalue weighted by Gasteiger charge is 2.10. The zero-order valence-corrected chi connectivity index (χ0v) is 10.7. The highest BCUT2D eigenvalue weighted by molar-refractivity contribution is 5.75. The second-order valence-electron chi connectivity index (χ2n) is 4.30. The van der Waals surface area contributed by atoms with Gasteiger partial charge >= 0.3 is 0 Å². The number of hydrogen-bond donors (Lipinski definition) is 0. The number of aromatic nitrogens is 2. The van der Waals surface area contributed by atoms with E-state index in [0.717, 1.165) is 11.5 Å². The molecule has 5 heteroatoms. The van der Waals surface area contributed by atoms with Crippen LogP contribution in [0.5, 0.6) is 0 Å². The fourth-order valence-electron chi connectivity index (χ4n) is 1.71. The summed E-state index contributed by atoms with van der Waals surface area (Å²) in [6, 6.07) is 5.61. The minimum atomic E-state index is 0.0829. The molecule has 0 aliphatic carbocycles. The summed E-state index contributed by atoms with van der Waals surface area (Å²) in [5.74, 6) is 0.875. The Kier molecular flexibility index (Phi) is 3.82. The van der Waals surface area contributed by atoms with Crippen LogP contribution in [0.3, 0.4) is 0 Å². The highest BCUT2D eigenvalue weighted by atomic mass is 16.3. The zero-order valence-electron chi connectivity index (χ0n) is 10.7. The molecule has 0 N–H and O–H groups in total. The zero-order chi connectivity index (χ0) is 13.0. The molecule has 2 heterocycles. The van der Waals surface area contributed by atoms with Crippen LogP contribution < -0.4 is 0 Å². The van der Waals surface area contributed by atoms with E-state index in [2.05, 4.69) is 5.10 Å². The summed E-state index contributed by atoms with van der Waals surface area (Å²) < 4.78 is 6.99. The molecule has 0 aliphatic rings. The van der Waals surface area contributed by atoms with E-state index in [-0.39, 0.29) is 5.91 Å². The summed E-state index contributed by atoms with van der Waals surface area (Å²) in [6.07, 6.45) is 3.94. The van der Waals surface area contributed by atoms with Gasteiger partial charge in [0.15, 0.2) is 0 Å². The van der Waals surface area contributed by atoms with Gasteiger partial charge in [-0.2, -0.15) is 5.10 Å². The van der Waals surface area contributed by atoms with Gasteiger partial charge in [-0.15, -0.1) is 0 Å². The first-order valence-electron chi connectivity index (χ1n) is 5.91. The molecule has 0 spiro atoms. The van der Waals surface area contributed by atoms with Crippen LogP contribution in [0.25, 0.3) is 0 Å². The van der Waals surface area contributed by atoms with Crippen molar-refractivity contribution in [2.75, 3.05) is 7.05 Å². The Morgan fingerprint density at radius 2 is 2.33 bits per heavy atom.